The molecule has 8 heteroatoms. The summed E-state index contributed by atoms with van der Waals surface area (Å²) in [6.45, 7) is -0.984. The fourth-order valence-corrected chi connectivity index (χ4v) is 1.69. The average Bonchev–Trinajstić information content (AvgIpc) is 2.14. The Labute approximate surface area is 95.2 Å². The van der Waals surface area contributed by atoms with Gasteiger partial charge in [-0.3, -0.25) is 0 Å². The maximum Gasteiger partial charge on any atom is 0.433 e. The molecule has 0 spiro atoms. The highest BCUT2D eigenvalue weighted by atomic mass is 79.9. The number of halogens is 6. The van der Waals surface area contributed by atoms with E-state index in [1.807, 2.05) is 0 Å². The van der Waals surface area contributed by atoms with Crippen LogP contribution >= 0.6 is 15.9 Å². The molecule has 0 aliphatic rings. The first kappa shape index (κ1) is 13.3. The molecule has 90 valence electrons. The van der Waals surface area contributed by atoms with Gasteiger partial charge in [0.2, 0.25) is 0 Å². The molecule has 1 N–H and O–H groups in total. The monoisotopic (exact) mass is 305 g/mol. The van der Waals surface area contributed by atoms with Crippen LogP contribution in [-0.2, 0) is 12.8 Å². The fraction of sp³-hybridized carbons (Fsp3) is 0.375. The Morgan fingerprint density at radius 1 is 1.38 bits per heavy atom. The van der Waals surface area contributed by atoms with Crippen LogP contribution in [0.3, 0.4) is 0 Å². The van der Waals surface area contributed by atoms with Crippen LogP contribution in [0.4, 0.5) is 22.0 Å². The molecular weight excluding hydrogens is 301 g/mol. The molecule has 1 heterocycles. The van der Waals surface area contributed by atoms with E-state index in [0.29, 0.717) is 6.07 Å². The summed E-state index contributed by atoms with van der Waals surface area (Å²) in [6.07, 6.45) is -7.75. The highest BCUT2D eigenvalue weighted by Gasteiger charge is 2.34. The normalized spacial score (nSPS) is 12.2. The van der Waals surface area contributed by atoms with E-state index >= 15 is 0 Å². The molecule has 2 nitrogen and oxygen atoms in total. The number of aliphatic hydroxyl groups is 1. The SMILES string of the molecule is OCc1nc(C(F)(F)F)cc(Br)c1C(F)F. The van der Waals surface area contributed by atoms with Gasteiger partial charge in [-0.15, -0.1) is 0 Å². The maximum atomic E-state index is 12.4. The van der Waals surface area contributed by atoms with E-state index < -0.39 is 40.6 Å². The van der Waals surface area contributed by atoms with Crippen LogP contribution < -0.4 is 0 Å². The largest absolute Gasteiger partial charge is 0.433 e. The molecule has 1 rings (SSSR count). The first-order valence-corrected chi connectivity index (χ1v) is 4.72. The van der Waals surface area contributed by atoms with E-state index in [0.717, 1.165) is 0 Å². The summed E-state index contributed by atoms with van der Waals surface area (Å²) in [5.41, 5.74) is -2.74. The summed E-state index contributed by atoms with van der Waals surface area (Å²) in [6, 6.07) is 0.459. The number of hydrogen-bond donors (Lipinski definition) is 1. The lowest BCUT2D eigenvalue weighted by atomic mass is 10.2. The average molecular weight is 306 g/mol. The van der Waals surface area contributed by atoms with Gasteiger partial charge in [-0.2, -0.15) is 13.2 Å². The van der Waals surface area contributed by atoms with Crippen LogP contribution in [0, 0.1) is 0 Å². The minimum absolute atomic E-state index is 0.422. The molecule has 0 radical (unpaired) electrons. The van der Waals surface area contributed by atoms with E-state index in [2.05, 4.69) is 20.9 Å². The van der Waals surface area contributed by atoms with Crippen molar-refractivity contribution in [1.82, 2.24) is 4.98 Å². The Bertz CT molecular complexity index is 393. The number of nitrogens with zero attached hydrogens (tertiary/aromatic N) is 1. The first-order chi connectivity index (χ1) is 7.27. The van der Waals surface area contributed by atoms with Gasteiger partial charge in [0.1, 0.15) is 5.69 Å². The third-order valence-electron chi connectivity index (χ3n) is 1.75. The van der Waals surface area contributed by atoms with Gasteiger partial charge in [-0.1, -0.05) is 15.9 Å². The fourth-order valence-electron chi connectivity index (χ4n) is 1.07. The molecule has 0 saturated carbocycles. The van der Waals surface area contributed by atoms with E-state index in [1.54, 1.807) is 0 Å². The van der Waals surface area contributed by atoms with Crippen LogP contribution in [0.2, 0.25) is 0 Å². The van der Waals surface area contributed by atoms with Gasteiger partial charge in [0, 0.05) is 4.47 Å². The van der Waals surface area contributed by atoms with E-state index in [4.69, 9.17) is 5.11 Å². The molecule has 0 unspecified atom stereocenters. The van der Waals surface area contributed by atoms with Gasteiger partial charge >= 0.3 is 6.18 Å². The molecule has 0 atom stereocenters. The van der Waals surface area contributed by atoms with Crippen molar-refractivity contribution in [1.29, 1.82) is 0 Å². The molecular formula is C8H5BrF5NO. The third-order valence-corrected chi connectivity index (χ3v) is 2.40. The van der Waals surface area contributed by atoms with Crippen LogP contribution in [-0.4, -0.2) is 10.1 Å². The summed E-state index contributed by atoms with van der Waals surface area (Å²) >= 11 is 2.60. The highest BCUT2D eigenvalue weighted by Crippen LogP contribution is 2.35. The summed E-state index contributed by atoms with van der Waals surface area (Å²) < 4.78 is 61.3. The second-order valence-electron chi connectivity index (χ2n) is 2.81. The van der Waals surface area contributed by atoms with Crippen molar-refractivity contribution in [3.8, 4) is 0 Å². The van der Waals surface area contributed by atoms with Crippen LogP contribution in [0.15, 0.2) is 10.5 Å². The summed E-state index contributed by atoms with van der Waals surface area (Å²) in [4.78, 5) is 2.96. The molecule has 16 heavy (non-hydrogen) atoms. The Hall–Kier alpha value is -0.760. The molecule has 0 fully saturated rings. The molecule has 0 saturated heterocycles. The third kappa shape index (κ3) is 2.67. The summed E-state index contributed by atoms with van der Waals surface area (Å²) in [5, 5.41) is 8.70. The van der Waals surface area contributed by atoms with Gasteiger partial charge < -0.3 is 5.11 Å². The van der Waals surface area contributed by atoms with Crippen LogP contribution in [0.5, 0.6) is 0 Å². The Morgan fingerprint density at radius 3 is 2.31 bits per heavy atom. The zero-order valence-electron chi connectivity index (χ0n) is 7.52. The van der Waals surface area contributed by atoms with Crippen LogP contribution in [0.25, 0.3) is 0 Å². The molecule has 0 bridgehead atoms. The van der Waals surface area contributed by atoms with E-state index in [9.17, 15) is 22.0 Å². The van der Waals surface area contributed by atoms with Crippen molar-refractivity contribution in [2.75, 3.05) is 0 Å². The Kier molecular flexibility index (Phi) is 3.84. The number of aliphatic hydroxyl groups excluding tert-OH is 1. The second kappa shape index (κ2) is 4.62. The molecule has 0 aliphatic carbocycles. The quantitative estimate of drug-likeness (QED) is 0.851. The van der Waals surface area contributed by atoms with Crippen molar-refractivity contribution in [3.05, 3.63) is 27.5 Å². The topological polar surface area (TPSA) is 33.1 Å². The van der Waals surface area contributed by atoms with Crippen molar-refractivity contribution >= 4 is 15.9 Å². The zero-order valence-corrected chi connectivity index (χ0v) is 9.11. The standard InChI is InChI=1S/C8H5BrF5NO/c9-3-1-5(8(12,13)14)15-4(2-16)6(3)7(10)11/h1,7,16H,2H2. The minimum Gasteiger partial charge on any atom is -0.390 e. The molecule has 1 aromatic heterocycles. The van der Waals surface area contributed by atoms with Crippen LogP contribution in [0.1, 0.15) is 23.4 Å². The van der Waals surface area contributed by atoms with Gasteiger partial charge in [0.05, 0.1) is 17.9 Å². The van der Waals surface area contributed by atoms with Crippen molar-refractivity contribution in [3.63, 3.8) is 0 Å². The molecule has 0 amide bonds. The second-order valence-corrected chi connectivity index (χ2v) is 3.66. The van der Waals surface area contributed by atoms with Gasteiger partial charge in [-0.05, 0) is 6.07 Å². The number of pyridine rings is 1. The lowest BCUT2D eigenvalue weighted by Gasteiger charge is -2.12. The molecule has 0 aliphatic heterocycles. The van der Waals surface area contributed by atoms with Gasteiger partial charge in [-0.25, -0.2) is 13.8 Å². The maximum absolute atomic E-state index is 12.4. The van der Waals surface area contributed by atoms with Gasteiger partial charge in [0.25, 0.3) is 6.43 Å². The van der Waals surface area contributed by atoms with E-state index in [-0.39, 0.29) is 0 Å². The highest BCUT2D eigenvalue weighted by molar-refractivity contribution is 9.10. The minimum atomic E-state index is -4.74. The number of rotatable bonds is 2. The van der Waals surface area contributed by atoms with Gasteiger partial charge in [0.15, 0.2) is 0 Å². The van der Waals surface area contributed by atoms with Crippen molar-refractivity contribution in [2.45, 2.75) is 19.2 Å². The predicted molar refractivity (Wildman–Crippen MR) is 47.8 cm³/mol. The van der Waals surface area contributed by atoms with Crippen molar-refractivity contribution in [2.24, 2.45) is 0 Å². The van der Waals surface area contributed by atoms with Crippen molar-refractivity contribution < 1.29 is 27.1 Å². The number of hydrogen-bond acceptors (Lipinski definition) is 2. The Morgan fingerprint density at radius 2 is 1.94 bits per heavy atom. The molecule has 0 aromatic carbocycles. The smallest absolute Gasteiger partial charge is 0.390 e. The summed E-state index contributed by atoms with van der Waals surface area (Å²) in [5.74, 6) is 0. The molecule has 1 aromatic rings. The zero-order chi connectivity index (χ0) is 12.5. The number of aromatic nitrogens is 1. The lowest BCUT2D eigenvalue weighted by Crippen LogP contribution is -2.12. The predicted octanol–water partition coefficient (Wildman–Crippen LogP) is 3.29. The summed E-state index contributed by atoms with van der Waals surface area (Å²) in [7, 11) is 0. The first-order valence-electron chi connectivity index (χ1n) is 3.93. The number of alkyl halides is 5. The van der Waals surface area contributed by atoms with E-state index in [1.165, 1.54) is 0 Å². The Balaban J connectivity index is 3.38. The lowest BCUT2D eigenvalue weighted by molar-refractivity contribution is -0.141.